The number of anilines is 1. The summed E-state index contributed by atoms with van der Waals surface area (Å²) in [6, 6.07) is 5.39. The normalized spacial score (nSPS) is 11.9. The van der Waals surface area contributed by atoms with Crippen LogP contribution in [0.3, 0.4) is 0 Å². The number of hydrogen-bond acceptors (Lipinski definition) is 5. The van der Waals surface area contributed by atoms with Crippen LogP contribution in [0.2, 0.25) is 0 Å². The second kappa shape index (κ2) is 6.75. The fraction of sp³-hybridized carbons (Fsp3) is 0.312. The van der Waals surface area contributed by atoms with E-state index in [9.17, 15) is 13.2 Å². The van der Waals surface area contributed by atoms with Crippen molar-refractivity contribution in [1.29, 1.82) is 0 Å². The number of benzene rings is 1. The van der Waals surface area contributed by atoms with Crippen LogP contribution >= 0.6 is 15.9 Å². The summed E-state index contributed by atoms with van der Waals surface area (Å²) in [4.78, 5) is 4.30. The predicted molar refractivity (Wildman–Crippen MR) is 92.3 cm³/mol. The van der Waals surface area contributed by atoms with E-state index in [1.807, 2.05) is 13.0 Å². The molecule has 2 heterocycles. The van der Waals surface area contributed by atoms with Crippen LogP contribution in [0.5, 0.6) is 0 Å². The lowest BCUT2D eigenvalue weighted by atomic mass is 10.1. The van der Waals surface area contributed by atoms with Crippen LogP contribution in [-0.4, -0.2) is 19.9 Å². The van der Waals surface area contributed by atoms with E-state index in [2.05, 4.69) is 31.2 Å². The van der Waals surface area contributed by atoms with E-state index >= 15 is 0 Å². The number of nitrogens with zero attached hydrogens (tertiary/aromatic N) is 4. The zero-order chi connectivity index (χ0) is 19.1. The number of hydrogen-bond donors (Lipinski definition) is 1. The molecule has 0 aliphatic rings. The van der Waals surface area contributed by atoms with Crippen molar-refractivity contribution in [2.45, 2.75) is 33.0 Å². The van der Waals surface area contributed by atoms with Gasteiger partial charge in [-0.15, -0.1) is 0 Å². The fourth-order valence-electron chi connectivity index (χ4n) is 2.49. The van der Waals surface area contributed by atoms with Gasteiger partial charge in [-0.2, -0.15) is 23.3 Å². The van der Waals surface area contributed by atoms with Crippen molar-refractivity contribution in [2.24, 2.45) is 0 Å². The van der Waals surface area contributed by atoms with E-state index in [1.165, 1.54) is 4.68 Å². The van der Waals surface area contributed by atoms with Gasteiger partial charge >= 0.3 is 6.18 Å². The van der Waals surface area contributed by atoms with Crippen LogP contribution in [0.4, 0.5) is 18.9 Å². The Hall–Kier alpha value is -2.36. The van der Waals surface area contributed by atoms with E-state index < -0.39 is 11.9 Å². The van der Waals surface area contributed by atoms with E-state index in [0.717, 1.165) is 11.1 Å². The first-order valence-corrected chi connectivity index (χ1v) is 8.46. The standard InChI is InChI=1S/C16H15BrF3N5O/c1-8-10(4-3-5-11(8)21)15-22-12(26-24-15)6-7-25-9(2)13(17)14(23-25)16(18,19)20/h3-5H,6-7,21H2,1-2H3. The summed E-state index contributed by atoms with van der Waals surface area (Å²) in [5.74, 6) is 0.695. The smallest absolute Gasteiger partial charge is 0.398 e. The van der Waals surface area contributed by atoms with Crippen LogP contribution < -0.4 is 5.73 Å². The molecule has 138 valence electrons. The van der Waals surface area contributed by atoms with Crippen molar-refractivity contribution in [2.75, 3.05) is 5.73 Å². The first-order chi connectivity index (χ1) is 12.2. The molecule has 0 spiro atoms. The molecular formula is C16H15BrF3N5O. The lowest BCUT2D eigenvalue weighted by Crippen LogP contribution is -2.10. The molecule has 0 amide bonds. The van der Waals surface area contributed by atoms with Crippen molar-refractivity contribution < 1.29 is 17.7 Å². The van der Waals surface area contributed by atoms with Crippen LogP contribution in [0.1, 0.15) is 22.8 Å². The average Bonchev–Trinajstić information content (AvgIpc) is 3.14. The SMILES string of the molecule is Cc1c(N)cccc1-c1noc(CCn2nc(C(F)(F)F)c(Br)c2C)n1. The maximum Gasteiger partial charge on any atom is 0.436 e. The third-order valence-corrected chi connectivity index (χ3v) is 4.97. The third-order valence-electron chi connectivity index (χ3n) is 4.02. The summed E-state index contributed by atoms with van der Waals surface area (Å²) in [6.07, 6.45) is -4.27. The van der Waals surface area contributed by atoms with Gasteiger partial charge in [0, 0.05) is 17.7 Å². The van der Waals surface area contributed by atoms with Gasteiger partial charge in [0.25, 0.3) is 0 Å². The molecule has 0 aliphatic heterocycles. The average molecular weight is 430 g/mol. The first kappa shape index (κ1) is 18.4. The van der Waals surface area contributed by atoms with Gasteiger partial charge in [0.1, 0.15) is 0 Å². The minimum atomic E-state index is -4.52. The van der Waals surface area contributed by atoms with Crippen molar-refractivity contribution >= 4 is 21.6 Å². The summed E-state index contributed by atoms with van der Waals surface area (Å²) in [5.41, 5.74) is 7.50. The lowest BCUT2D eigenvalue weighted by Gasteiger charge is -2.03. The Labute approximate surface area is 155 Å². The second-order valence-electron chi connectivity index (χ2n) is 5.75. The van der Waals surface area contributed by atoms with Gasteiger partial charge < -0.3 is 10.3 Å². The number of nitrogens with two attached hydrogens (primary N) is 1. The zero-order valence-corrected chi connectivity index (χ0v) is 15.5. The van der Waals surface area contributed by atoms with Crippen molar-refractivity contribution in [3.05, 3.63) is 45.5 Å². The molecule has 0 aliphatic carbocycles. The van der Waals surface area contributed by atoms with Gasteiger partial charge in [0.15, 0.2) is 5.69 Å². The molecule has 0 bridgehead atoms. The molecule has 0 saturated carbocycles. The third kappa shape index (κ3) is 3.46. The molecule has 0 atom stereocenters. The molecule has 0 fully saturated rings. The Morgan fingerprint density at radius 1 is 1.27 bits per heavy atom. The van der Waals surface area contributed by atoms with Gasteiger partial charge in [0.05, 0.1) is 16.7 Å². The highest BCUT2D eigenvalue weighted by molar-refractivity contribution is 9.10. The molecule has 3 aromatic rings. The summed E-state index contributed by atoms with van der Waals surface area (Å²) >= 11 is 2.95. The summed E-state index contributed by atoms with van der Waals surface area (Å²) in [5, 5.41) is 7.55. The summed E-state index contributed by atoms with van der Waals surface area (Å²) in [7, 11) is 0. The van der Waals surface area contributed by atoms with E-state index in [4.69, 9.17) is 10.3 Å². The Morgan fingerprint density at radius 3 is 2.65 bits per heavy atom. The summed E-state index contributed by atoms with van der Waals surface area (Å²) in [6.45, 7) is 3.59. The molecule has 10 heteroatoms. The zero-order valence-electron chi connectivity index (χ0n) is 13.9. The van der Waals surface area contributed by atoms with Crippen molar-refractivity contribution in [3.8, 4) is 11.4 Å². The predicted octanol–water partition coefficient (Wildman–Crippen LogP) is 4.16. The lowest BCUT2D eigenvalue weighted by molar-refractivity contribution is -0.142. The minimum Gasteiger partial charge on any atom is -0.398 e. The maximum atomic E-state index is 12.9. The number of aryl methyl sites for hydroxylation is 2. The maximum absolute atomic E-state index is 12.9. The number of halogens is 4. The topological polar surface area (TPSA) is 82.8 Å². The minimum absolute atomic E-state index is 0.0633. The molecule has 0 radical (unpaired) electrons. The van der Waals surface area contributed by atoms with E-state index in [0.29, 0.717) is 23.1 Å². The molecule has 2 N–H and O–H groups in total. The van der Waals surface area contributed by atoms with Gasteiger partial charge in [-0.05, 0) is 41.4 Å². The van der Waals surface area contributed by atoms with Crippen LogP contribution in [0.25, 0.3) is 11.4 Å². The highest BCUT2D eigenvalue weighted by Gasteiger charge is 2.37. The quantitative estimate of drug-likeness (QED) is 0.629. The summed E-state index contributed by atoms with van der Waals surface area (Å²) < 4.78 is 45.1. The number of rotatable bonds is 4. The van der Waals surface area contributed by atoms with Crippen LogP contribution in [0.15, 0.2) is 27.2 Å². The van der Waals surface area contributed by atoms with Gasteiger partial charge in [-0.3, -0.25) is 4.68 Å². The first-order valence-electron chi connectivity index (χ1n) is 7.66. The fourth-order valence-corrected chi connectivity index (χ4v) is 2.99. The van der Waals surface area contributed by atoms with E-state index in [-0.39, 0.29) is 17.4 Å². The van der Waals surface area contributed by atoms with Crippen LogP contribution in [0, 0.1) is 13.8 Å². The Bertz CT molecular complexity index is 948. The molecule has 1 aromatic carbocycles. The monoisotopic (exact) mass is 429 g/mol. The molecular weight excluding hydrogens is 415 g/mol. The number of nitrogen functional groups attached to an aromatic ring is 1. The molecule has 26 heavy (non-hydrogen) atoms. The Morgan fingerprint density at radius 2 is 2.00 bits per heavy atom. The van der Waals surface area contributed by atoms with Gasteiger partial charge in [0.2, 0.25) is 11.7 Å². The highest BCUT2D eigenvalue weighted by atomic mass is 79.9. The molecule has 6 nitrogen and oxygen atoms in total. The molecule has 3 rings (SSSR count). The van der Waals surface area contributed by atoms with Crippen LogP contribution in [-0.2, 0) is 19.1 Å². The van der Waals surface area contributed by atoms with Gasteiger partial charge in [-0.1, -0.05) is 17.3 Å². The van der Waals surface area contributed by atoms with Crippen molar-refractivity contribution in [1.82, 2.24) is 19.9 Å². The molecule has 2 aromatic heterocycles. The second-order valence-corrected chi connectivity index (χ2v) is 6.54. The largest absolute Gasteiger partial charge is 0.436 e. The Balaban J connectivity index is 1.78. The Kier molecular flexibility index (Phi) is 4.78. The molecule has 0 unspecified atom stereocenters. The number of aromatic nitrogens is 4. The highest BCUT2D eigenvalue weighted by Crippen LogP contribution is 2.35. The molecule has 0 saturated heterocycles. The van der Waals surface area contributed by atoms with Gasteiger partial charge in [-0.25, -0.2) is 0 Å². The van der Waals surface area contributed by atoms with E-state index in [1.54, 1.807) is 19.1 Å². The van der Waals surface area contributed by atoms with Crippen molar-refractivity contribution in [3.63, 3.8) is 0 Å². The number of alkyl halides is 3.